The molecule has 0 fully saturated rings. The number of nitrogens with zero attached hydrogens (tertiary/aromatic N) is 1. The topological polar surface area (TPSA) is 40.7 Å². The van der Waals surface area contributed by atoms with Crippen molar-refractivity contribution in [1.82, 2.24) is 15.5 Å². The molecule has 2 atom stereocenters. The van der Waals surface area contributed by atoms with E-state index in [9.17, 15) is 0 Å². The largest absolute Gasteiger partial charge is 0.320 e. The average molecular weight is 343 g/mol. The molecular weight excluding hydrogens is 318 g/mol. The van der Waals surface area contributed by atoms with Gasteiger partial charge in [-0.15, -0.1) is 0 Å². The van der Waals surface area contributed by atoms with E-state index in [1.54, 1.807) is 0 Å². The van der Waals surface area contributed by atoms with Gasteiger partial charge in [0.05, 0.1) is 6.20 Å². The molecule has 132 valence electrons. The van der Waals surface area contributed by atoms with Crippen LogP contribution in [0.25, 0.3) is 17.2 Å². The van der Waals surface area contributed by atoms with Gasteiger partial charge in [0.15, 0.2) is 0 Å². The van der Waals surface area contributed by atoms with Gasteiger partial charge >= 0.3 is 0 Å². The lowest BCUT2D eigenvalue weighted by molar-refractivity contribution is 0.464. The van der Waals surface area contributed by atoms with Gasteiger partial charge in [-0.1, -0.05) is 60.7 Å². The second kappa shape index (κ2) is 7.71. The minimum absolute atomic E-state index is 0.519. The predicted molar refractivity (Wildman–Crippen MR) is 108 cm³/mol. The Morgan fingerprint density at radius 3 is 2.73 bits per heavy atom. The van der Waals surface area contributed by atoms with Gasteiger partial charge in [0.25, 0.3) is 0 Å². The Morgan fingerprint density at radius 1 is 1.12 bits per heavy atom. The summed E-state index contributed by atoms with van der Waals surface area (Å²) in [5.74, 6) is 1.06. The summed E-state index contributed by atoms with van der Waals surface area (Å²) in [5.41, 5.74) is 6.59. The van der Waals surface area contributed by atoms with Gasteiger partial charge in [-0.3, -0.25) is 5.10 Å². The third-order valence-electron chi connectivity index (χ3n) is 5.43. The summed E-state index contributed by atoms with van der Waals surface area (Å²) in [5, 5.41) is 10.3. The number of nitrogens with one attached hydrogen (secondary N) is 2. The molecule has 26 heavy (non-hydrogen) atoms. The fourth-order valence-electron chi connectivity index (χ4n) is 3.97. The molecule has 3 aromatic rings. The third kappa shape index (κ3) is 3.49. The molecule has 0 amide bonds. The first-order valence-electron chi connectivity index (χ1n) is 9.35. The Bertz CT molecular complexity index is 863. The summed E-state index contributed by atoms with van der Waals surface area (Å²) in [6, 6.07) is 17.8. The SMILES string of the molecule is CNCCC(c1ccc(-c2cn[nH]c2)cc1)C1C=Cc2ccccc2C1. The fourth-order valence-corrected chi connectivity index (χ4v) is 3.97. The van der Waals surface area contributed by atoms with E-state index >= 15 is 0 Å². The lowest BCUT2D eigenvalue weighted by Crippen LogP contribution is -2.21. The molecule has 0 bridgehead atoms. The van der Waals surface area contributed by atoms with Crippen molar-refractivity contribution in [2.75, 3.05) is 13.6 Å². The van der Waals surface area contributed by atoms with E-state index in [4.69, 9.17) is 0 Å². The van der Waals surface area contributed by atoms with Crippen molar-refractivity contribution < 1.29 is 0 Å². The number of allylic oxidation sites excluding steroid dienone is 1. The highest BCUT2D eigenvalue weighted by molar-refractivity contribution is 5.62. The molecular formula is C23H25N3. The maximum Gasteiger partial charge on any atom is 0.0565 e. The van der Waals surface area contributed by atoms with Crippen molar-refractivity contribution in [2.45, 2.75) is 18.8 Å². The Hall–Kier alpha value is -2.65. The van der Waals surface area contributed by atoms with Crippen LogP contribution < -0.4 is 5.32 Å². The first kappa shape index (κ1) is 16.8. The van der Waals surface area contributed by atoms with E-state index in [0.29, 0.717) is 11.8 Å². The minimum Gasteiger partial charge on any atom is -0.320 e. The van der Waals surface area contributed by atoms with E-state index in [-0.39, 0.29) is 0 Å². The number of rotatable bonds is 6. The summed E-state index contributed by atoms with van der Waals surface area (Å²) < 4.78 is 0. The number of hydrogen-bond acceptors (Lipinski definition) is 2. The number of aromatic nitrogens is 2. The van der Waals surface area contributed by atoms with Crippen LogP contribution in [0.3, 0.4) is 0 Å². The summed E-state index contributed by atoms with van der Waals surface area (Å²) in [6.45, 7) is 1.03. The summed E-state index contributed by atoms with van der Waals surface area (Å²) in [7, 11) is 2.03. The van der Waals surface area contributed by atoms with Crippen molar-refractivity contribution >= 4 is 6.08 Å². The molecule has 1 aliphatic carbocycles. The molecule has 1 heterocycles. The average Bonchev–Trinajstić information content (AvgIpc) is 3.23. The van der Waals surface area contributed by atoms with Gasteiger partial charge in [-0.05, 0) is 60.5 Å². The molecule has 0 saturated carbocycles. The third-order valence-corrected chi connectivity index (χ3v) is 5.43. The number of benzene rings is 2. The van der Waals surface area contributed by atoms with Crippen LogP contribution in [0.5, 0.6) is 0 Å². The van der Waals surface area contributed by atoms with Crippen molar-refractivity contribution in [3.8, 4) is 11.1 Å². The Labute approximate surface area is 155 Å². The van der Waals surface area contributed by atoms with E-state index < -0.39 is 0 Å². The van der Waals surface area contributed by atoms with Gasteiger partial charge in [0.1, 0.15) is 0 Å². The first-order valence-corrected chi connectivity index (χ1v) is 9.35. The lowest BCUT2D eigenvalue weighted by atomic mass is 9.76. The lowest BCUT2D eigenvalue weighted by Gasteiger charge is -2.28. The molecule has 0 aliphatic heterocycles. The van der Waals surface area contributed by atoms with Gasteiger partial charge in [-0.25, -0.2) is 0 Å². The number of hydrogen-bond donors (Lipinski definition) is 2. The van der Waals surface area contributed by atoms with Crippen molar-refractivity contribution in [2.24, 2.45) is 5.92 Å². The van der Waals surface area contributed by atoms with Gasteiger partial charge < -0.3 is 5.32 Å². The highest BCUT2D eigenvalue weighted by Crippen LogP contribution is 2.36. The Morgan fingerprint density at radius 2 is 1.96 bits per heavy atom. The zero-order chi connectivity index (χ0) is 17.8. The minimum atomic E-state index is 0.519. The summed E-state index contributed by atoms with van der Waals surface area (Å²) in [4.78, 5) is 0. The van der Waals surface area contributed by atoms with E-state index in [0.717, 1.165) is 24.9 Å². The van der Waals surface area contributed by atoms with Crippen LogP contribution in [0.1, 0.15) is 29.0 Å². The maximum absolute atomic E-state index is 4.05. The van der Waals surface area contributed by atoms with E-state index in [1.165, 1.54) is 22.3 Å². The summed E-state index contributed by atoms with van der Waals surface area (Å²) in [6.07, 6.45) is 10.8. The van der Waals surface area contributed by atoms with Crippen LogP contribution in [0.2, 0.25) is 0 Å². The number of fused-ring (bicyclic) bond motifs is 1. The Kier molecular flexibility index (Phi) is 4.98. The molecule has 2 N–H and O–H groups in total. The number of aromatic amines is 1. The van der Waals surface area contributed by atoms with Crippen LogP contribution in [0.15, 0.2) is 67.0 Å². The molecule has 2 aromatic carbocycles. The normalized spacial score (nSPS) is 17.0. The summed E-state index contributed by atoms with van der Waals surface area (Å²) >= 11 is 0. The highest BCUT2D eigenvalue weighted by atomic mass is 15.1. The standard InChI is InChI=1S/C23H25N3/c1-24-13-12-23(21-11-8-17-4-2-3-5-20(17)14-21)19-9-6-18(7-10-19)22-15-25-26-16-22/h2-11,15-16,21,23-24H,12-14H2,1H3,(H,25,26). The molecule has 0 saturated heterocycles. The van der Waals surface area contributed by atoms with E-state index in [1.807, 2.05) is 19.4 Å². The van der Waals surface area contributed by atoms with Crippen LogP contribution in [0, 0.1) is 5.92 Å². The number of H-pyrrole nitrogens is 1. The van der Waals surface area contributed by atoms with Crippen molar-refractivity contribution in [3.05, 3.63) is 83.7 Å². The quantitative estimate of drug-likeness (QED) is 0.684. The highest BCUT2D eigenvalue weighted by Gasteiger charge is 2.24. The van der Waals surface area contributed by atoms with Crippen molar-refractivity contribution in [1.29, 1.82) is 0 Å². The zero-order valence-electron chi connectivity index (χ0n) is 15.2. The predicted octanol–water partition coefficient (Wildman–Crippen LogP) is 4.66. The van der Waals surface area contributed by atoms with Gasteiger partial charge in [0, 0.05) is 11.8 Å². The molecule has 0 spiro atoms. The van der Waals surface area contributed by atoms with Gasteiger partial charge in [0.2, 0.25) is 0 Å². The van der Waals surface area contributed by atoms with Crippen molar-refractivity contribution in [3.63, 3.8) is 0 Å². The molecule has 1 aliphatic rings. The molecule has 0 radical (unpaired) electrons. The molecule has 3 nitrogen and oxygen atoms in total. The monoisotopic (exact) mass is 343 g/mol. The van der Waals surface area contributed by atoms with Crippen LogP contribution in [-0.2, 0) is 6.42 Å². The second-order valence-corrected chi connectivity index (χ2v) is 7.03. The molecule has 4 rings (SSSR count). The molecule has 2 unspecified atom stereocenters. The van der Waals surface area contributed by atoms with Crippen LogP contribution in [0.4, 0.5) is 0 Å². The van der Waals surface area contributed by atoms with Gasteiger partial charge in [-0.2, -0.15) is 5.10 Å². The maximum atomic E-state index is 4.05. The molecule has 3 heteroatoms. The fraction of sp³-hybridized carbons (Fsp3) is 0.261. The van der Waals surface area contributed by atoms with E-state index in [2.05, 4.69) is 76.2 Å². The van der Waals surface area contributed by atoms with Crippen LogP contribution >= 0.6 is 0 Å². The second-order valence-electron chi connectivity index (χ2n) is 7.03. The smallest absolute Gasteiger partial charge is 0.0565 e. The first-order chi connectivity index (χ1) is 12.8. The zero-order valence-corrected chi connectivity index (χ0v) is 15.2. The van der Waals surface area contributed by atoms with Crippen LogP contribution in [-0.4, -0.2) is 23.8 Å². The molecule has 1 aromatic heterocycles. The Balaban J connectivity index is 1.59.